The molecule has 5 nitrogen and oxygen atoms in total. The number of aromatic nitrogens is 3. The molecule has 0 atom stereocenters. The first-order valence-corrected chi connectivity index (χ1v) is 11.1. The second kappa shape index (κ2) is 8.01. The highest BCUT2D eigenvalue weighted by Crippen LogP contribution is 2.34. The minimum absolute atomic E-state index is 0.0137. The van der Waals surface area contributed by atoms with Crippen molar-refractivity contribution in [3.8, 4) is 0 Å². The highest BCUT2D eigenvalue weighted by atomic mass is 32.2. The van der Waals surface area contributed by atoms with Crippen LogP contribution in [-0.4, -0.2) is 26.1 Å². The van der Waals surface area contributed by atoms with Gasteiger partial charge in [-0.25, -0.2) is 4.98 Å². The molecule has 144 valence electrons. The fraction of sp³-hybridized carbons (Fsp3) is 0.333. The maximum absolute atomic E-state index is 13.3. The van der Waals surface area contributed by atoms with E-state index >= 15 is 0 Å². The van der Waals surface area contributed by atoms with Crippen LogP contribution in [0, 0.1) is 0 Å². The fourth-order valence-electron chi connectivity index (χ4n) is 3.47. The number of carbonyl (C=O) groups is 1. The third-order valence-corrected chi connectivity index (χ3v) is 6.91. The number of nitrogens with zero attached hydrogens (tertiary/aromatic N) is 3. The quantitative estimate of drug-likeness (QED) is 0.262. The number of hydrogen-bond acceptors (Lipinski definition) is 6. The van der Waals surface area contributed by atoms with Gasteiger partial charge in [0.2, 0.25) is 0 Å². The van der Waals surface area contributed by atoms with Gasteiger partial charge in [0.15, 0.2) is 10.9 Å². The SMILES string of the molecule is C=C(C)Cn1c(SCC(=O)c2ccccn2)nc2sc3c(c2c1=O)CCCC3. The highest BCUT2D eigenvalue weighted by molar-refractivity contribution is 7.99. The fourth-order valence-corrected chi connectivity index (χ4v) is 5.65. The Morgan fingerprint density at radius 1 is 1.32 bits per heavy atom. The van der Waals surface area contributed by atoms with Gasteiger partial charge in [0.1, 0.15) is 10.5 Å². The van der Waals surface area contributed by atoms with Crippen molar-refractivity contribution in [2.45, 2.75) is 44.3 Å². The molecule has 0 unspecified atom stereocenters. The van der Waals surface area contributed by atoms with Crippen LogP contribution in [0.15, 0.2) is 46.5 Å². The highest BCUT2D eigenvalue weighted by Gasteiger charge is 2.22. The van der Waals surface area contributed by atoms with Crippen LogP contribution in [0.4, 0.5) is 0 Å². The Kier molecular flexibility index (Phi) is 5.46. The van der Waals surface area contributed by atoms with Crippen molar-refractivity contribution < 1.29 is 4.79 Å². The first-order chi connectivity index (χ1) is 13.5. The summed E-state index contributed by atoms with van der Waals surface area (Å²) in [5, 5.41) is 1.34. The summed E-state index contributed by atoms with van der Waals surface area (Å²) in [5.74, 6) is 0.114. The van der Waals surface area contributed by atoms with E-state index in [2.05, 4.69) is 11.6 Å². The summed E-state index contributed by atoms with van der Waals surface area (Å²) in [6.07, 6.45) is 5.87. The number of hydrogen-bond donors (Lipinski definition) is 0. The normalized spacial score (nSPS) is 13.5. The van der Waals surface area contributed by atoms with Gasteiger partial charge in [-0.1, -0.05) is 30.0 Å². The summed E-state index contributed by atoms with van der Waals surface area (Å²) in [5.41, 5.74) is 2.47. The number of carbonyl (C=O) groups excluding carboxylic acids is 1. The Morgan fingerprint density at radius 2 is 2.14 bits per heavy atom. The molecule has 1 aliphatic carbocycles. The first kappa shape index (κ1) is 19.1. The Morgan fingerprint density at radius 3 is 2.89 bits per heavy atom. The van der Waals surface area contributed by atoms with E-state index in [0.29, 0.717) is 17.4 Å². The number of rotatable bonds is 6. The van der Waals surface area contributed by atoms with E-state index in [-0.39, 0.29) is 17.1 Å². The minimum atomic E-state index is -0.0766. The number of thioether (sulfide) groups is 1. The van der Waals surface area contributed by atoms with Gasteiger partial charge in [0, 0.05) is 17.6 Å². The summed E-state index contributed by atoms with van der Waals surface area (Å²) in [7, 11) is 0. The molecule has 7 heteroatoms. The molecular formula is C21H21N3O2S2. The summed E-state index contributed by atoms with van der Waals surface area (Å²) < 4.78 is 1.67. The smallest absolute Gasteiger partial charge is 0.263 e. The van der Waals surface area contributed by atoms with E-state index in [1.807, 2.05) is 6.92 Å². The largest absolute Gasteiger partial charge is 0.291 e. The molecule has 0 saturated carbocycles. The number of thiophene rings is 1. The lowest BCUT2D eigenvalue weighted by Crippen LogP contribution is -2.24. The average molecular weight is 412 g/mol. The monoisotopic (exact) mass is 411 g/mol. The molecule has 4 rings (SSSR count). The van der Waals surface area contributed by atoms with Gasteiger partial charge in [-0.3, -0.25) is 19.1 Å². The van der Waals surface area contributed by atoms with Gasteiger partial charge in [-0.15, -0.1) is 11.3 Å². The van der Waals surface area contributed by atoms with Crippen LogP contribution >= 0.6 is 23.1 Å². The average Bonchev–Trinajstić information content (AvgIpc) is 3.07. The molecule has 3 heterocycles. The number of allylic oxidation sites excluding steroid dienone is 1. The van der Waals surface area contributed by atoms with Crippen molar-refractivity contribution in [3.05, 3.63) is 63.0 Å². The molecular weight excluding hydrogens is 390 g/mol. The molecule has 28 heavy (non-hydrogen) atoms. The van der Waals surface area contributed by atoms with Crippen LogP contribution in [0.3, 0.4) is 0 Å². The van der Waals surface area contributed by atoms with Crippen LogP contribution < -0.4 is 5.56 Å². The van der Waals surface area contributed by atoms with E-state index in [1.165, 1.54) is 28.6 Å². The van der Waals surface area contributed by atoms with Crippen molar-refractivity contribution in [2.24, 2.45) is 0 Å². The second-order valence-electron chi connectivity index (χ2n) is 7.06. The van der Waals surface area contributed by atoms with E-state index in [4.69, 9.17) is 4.98 Å². The predicted octanol–water partition coefficient (Wildman–Crippen LogP) is 4.28. The van der Waals surface area contributed by atoms with Crippen molar-refractivity contribution in [2.75, 3.05) is 5.75 Å². The number of Topliss-reactive ketones (excluding diaryl/α,β-unsaturated/α-hetero) is 1. The van der Waals surface area contributed by atoms with Gasteiger partial charge in [0.05, 0.1) is 11.1 Å². The molecule has 0 bridgehead atoms. The van der Waals surface area contributed by atoms with Crippen LogP contribution in [0.1, 0.15) is 40.7 Å². The molecule has 0 N–H and O–H groups in total. The van der Waals surface area contributed by atoms with Crippen molar-refractivity contribution in [3.63, 3.8) is 0 Å². The Hall–Kier alpha value is -2.25. The first-order valence-electron chi connectivity index (χ1n) is 9.31. The van der Waals surface area contributed by atoms with Gasteiger partial charge in [0.25, 0.3) is 5.56 Å². The molecule has 0 aromatic carbocycles. The van der Waals surface area contributed by atoms with E-state index < -0.39 is 0 Å². The zero-order valence-electron chi connectivity index (χ0n) is 15.7. The molecule has 0 saturated heterocycles. The zero-order chi connectivity index (χ0) is 19.7. The maximum atomic E-state index is 13.3. The summed E-state index contributed by atoms with van der Waals surface area (Å²) in [6.45, 7) is 6.26. The second-order valence-corrected chi connectivity index (χ2v) is 9.09. The van der Waals surface area contributed by atoms with Crippen LogP contribution in [0.5, 0.6) is 0 Å². The number of aryl methyl sites for hydroxylation is 2. The number of fused-ring (bicyclic) bond motifs is 3. The summed E-state index contributed by atoms with van der Waals surface area (Å²) in [4.78, 5) is 36.7. The Balaban J connectivity index is 1.73. The lowest BCUT2D eigenvalue weighted by atomic mass is 9.97. The van der Waals surface area contributed by atoms with Crippen molar-refractivity contribution >= 4 is 39.1 Å². The van der Waals surface area contributed by atoms with E-state index in [1.54, 1.807) is 40.3 Å². The molecule has 1 aliphatic rings. The molecule has 3 aromatic rings. The van der Waals surface area contributed by atoms with Crippen molar-refractivity contribution in [1.82, 2.24) is 14.5 Å². The standard InChI is InChI=1S/C21H21N3O2S2/c1-13(2)11-24-20(26)18-14-7-3-4-9-17(14)28-19(18)23-21(24)27-12-16(25)15-8-5-6-10-22-15/h5-6,8,10H,1,3-4,7,9,11-12H2,2H3. The molecule has 3 aromatic heterocycles. The summed E-state index contributed by atoms with van der Waals surface area (Å²) >= 11 is 2.92. The number of ketones is 1. The van der Waals surface area contributed by atoms with Gasteiger partial charge < -0.3 is 0 Å². The zero-order valence-corrected chi connectivity index (χ0v) is 17.4. The molecule has 0 amide bonds. The molecule has 0 radical (unpaired) electrons. The lowest BCUT2D eigenvalue weighted by Gasteiger charge is -2.13. The molecule has 0 spiro atoms. The minimum Gasteiger partial charge on any atom is -0.291 e. The summed E-state index contributed by atoms with van der Waals surface area (Å²) in [6, 6.07) is 5.28. The van der Waals surface area contributed by atoms with Gasteiger partial charge >= 0.3 is 0 Å². The third-order valence-electron chi connectivity index (χ3n) is 4.75. The maximum Gasteiger partial charge on any atom is 0.263 e. The third kappa shape index (κ3) is 3.69. The molecule has 0 fully saturated rings. The molecule has 0 aliphatic heterocycles. The van der Waals surface area contributed by atoms with Crippen molar-refractivity contribution in [1.29, 1.82) is 0 Å². The van der Waals surface area contributed by atoms with E-state index in [9.17, 15) is 9.59 Å². The lowest BCUT2D eigenvalue weighted by molar-refractivity contribution is 0.101. The van der Waals surface area contributed by atoms with Crippen LogP contribution in [0.2, 0.25) is 0 Å². The van der Waals surface area contributed by atoms with Crippen LogP contribution in [0.25, 0.3) is 10.2 Å². The Labute approximate surface area is 171 Å². The topological polar surface area (TPSA) is 64.8 Å². The van der Waals surface area contributed by atoms with Gasteiger partial charge in [-0.05, 0) is 50.3 Å². The van der Waals surface area contributed by atoms with Gasteiger partial charge in [-0.2, -0.15) is 0 Å². The van der Waals surface area contributed by atoms with E-state index in [0.717, 1.165) is 35.1 Å². The number of pyridine rings is 1. The predicted molar refractivity (Wildman–Crippen MR) is 115 cm³/mol. The Bertz CT molecular complexity index is 1120. The van der Waals surface area contributed by atoms with Crippen LogP contribution in [-0.2, 0) is 19.4 Å².